The van der Waals surface area contributed by atoms with Crippen molar-refractivity contribution in [2.45, 2.75) is 6.42 Å². The van der Waals surface area contributed by atoms with E-state index in [1.807, 2.05) is 18.2 Å². The second-order valence-electron chi connectivity index (χ2n) is 6.66. The van der Waals surface area contributed by atoms with Crippen molar-refractivity contribution in [3.8, 4) is 22.6 Å². The molecule has 0 aromatic heterocycles. The van der Waals surface area contributed by atoms with Gasteiger partial charge in [-0.15, -0.1) is 0 Å². The molecule has 140 valence electrons. The maximum absolute atomic E-state index is 11.3. The molecule has 1 aliphatic carbocycles. The van der Waals surface area contributed by atoms with Gasteiger partial charge in [-0.3, -0.25) is 10.1 Å². The Morgan fingerprint density at radius 3 is 2.36 bits per heavy atom. The number of para-hydroxylation sites is 3. The molecule has 3 aromatic rings. The van der Waals surface area contributed by atoms with E-state index in [1.54, 1.807) is 42.5 Å². The van der Waals surface area contributed by atoms with Crippen LogP contribution in [0.15, 0.2) is 71.2 Å². The summed E-state index contributed by atoms with van der Waals surface area (Å²) in [6.07, 6.45) is 2.65. The van der Waals surface area contributed by atoms with Crippen molar-refractivity contribution >= 4 is 27.2 Å². The first-order valence-electron chi connectivity index (χ1n) is 8.71. The van der Waals surface area contributed by atoms with Gasteiger partial charge in [0, 0.05) is 23.1 Å². The predicted molar refractivity (Wildman–Crippen MR) is 111 cm³/mol. The number of hydrogen-bond acceptors (Lipinski definition) is 4. The normalized spacial score (nSPS) is 15.2. The number of nitro benzene ring substituents is 1. The summed E-state index contributed by atoms with van der Waals surface area (Å²) in [6, 6.07) is 17.2. The second kappa shape index (κ2) is 7.13. The van der Waals surface area contributed by atoms with Crippen molar-refractivity contribution in [2.75, 3.05) is 0 Å². The number of nitrogens with zero attached hydrogens (tertiary/aromatic N) is 1. The number of phenols is 2. The molecule has 0 spiro atoms. The number of halogens is 1. The summed E-state index contributed by atoms with van der Waals surface area (Å²) in [7, 11) is 0. The van der Waals surface area contributed by atoms with E-state index >= 15 is 0 Å². The van der Waals surface area contributed by atoms with Crippen LogP contribution in [0.2, 0.25) is 0 Å². The molecule has 1 aliphatic rings. The Labute approximate surface area is 169 Å². The van der Waals surface area contributed by atoms with Crippen molar-refractivity contribution in [1.29, 1.82) is 0 Å². The van der Waals surface area contributed by atoms with Gasteiger partial charge in [0.2, 0.25) is 0 Å². The van der Waals surface area contributed by atoms with Crippen LogP contribution in [0, 0.1) is 16.0 Å². The molecule has 0 bridgehead atoms. The molecule has 1 atom stereocenters. The molecular formula is C22H16BrNO4. The zero-order valence-corrected chi connectivity index (χ0v) is 16.3. The minimum atomic E-state index is -0.448. The number of benzene rings is 3. The first-order chi connectivity index (χ1) is 13.5. The molecule has 4 rings (SSSR count). The number of allylic oxidation sites excluding steroid dienone is 2. The van der Waals surface area contributed by atoms with E-state index in [-0.39, 0.29) is 23.1 Å². The highest BCUT2D eigenvalue weighted by molar-refractivity contribution is 9.10. The van der Waals surface area contributed by atoms with Crippen LogP contribution in [0.25, 0.3) is 16.7 Å². The quantitative estimate of drug-likeness (QED) is 0.396. The van der Waals surface area contributed by atoms with Crippen LogP contribution in [0.5, 0.6) is 11.5 Å². The zero-order valence-electron chi connectivity index (χ0n) is 14.7. The summed E-state index contributed by atoms with van der Waals surface area (Å²) in [5.74, 6) is 0.358. The Kier molecular flexibility index (Phi) is 4.65. The van der Waals surface area contributed by atoms with Crippen LogP contribution in [-0.2, 0) is 6.42 Å². The highest BCUT2D eigenvalue weighted by atomic mass is 79.9. The Hall–Kier alpha value is -3.12. The SMILES string of the molecule is O=[N+]([O-])c1ccccc1-c1cccc(C2=CC2Cc2cccc(Br)c2O)c1O. The number of phenolic OH excluding ortho intramolecular Hbond substituents is 2. The van der Waals surface area contributed by atoms with Crippen LogP contribution in [-0.4, -0.2) is 15.1 Å². The summed E-state index contributed by atoms with van der Waals surface area (Å²) in [5.41, 5.74) is 3.22. The summed E-state index contributed by atoms with van der Waals surface area (Å²) >= 11 is 3.32. The molecule has 28 heavy (non-hydrogen) atoms. The molecule has 1 unspecified atom stereocenters. The van der Waals surface area contributed by atoms with Gasteiger partial charge >= 0.3 is 0 Å². The molecule has 0 heterocycles. The third kappa shape index (κ3) is 3.27. The maximum atomic E-state index is 11.3. The highest BCUT2D eigenvalue weighted by Crippen LogP contribution is 2.48. The molecule has 0 saturated carbocycles. The summed E-state index contributed by atoms with van der Waals surface area (Å²) in [4.78, 5) is 10.9. The fraction of sp³-hybridized carbons (Fsp3) is 0.0909. The van der Waals surface area contributed by atoms with Crippen molar-refractivity contribution in [2.24, 2.45) is 5.92 Å². The first-order valence-corrected chi connectivity index (χ1v) is 9.51. The van der Waals surface area contributed by atoms with Gasteiger partial charge in [0.25, 0.3) is 5.69 Å². The molecule has 0 amide bonds. The van der Waals surface area contributed by atoms with E-state index in [0.29, 0.717) is 27.6 Å². The molecule has 3 aromatic carbocycles. The van der Waals surface area contributed by atoms with Gasteiger partial charge in [-0.05, 0) is 45.6 Å². The minimum Gasteiger partial charge on any atom is -0.507 e. The summed E-state index contributed by atoms with van der Waals surface area (Å²) in [6.45, 7) is 0. The fourth-order valence-corrected chi connectivity index (χ4v) is 3.85. The lowest BCUT2D eigenvalue weighted by atomic mass is 9.96. The maximum Gasteiger partial charge on any atom is 0.277 e. The van der Waals surface area contributed by atoms with Crippen molar-refractivity contribution < 1.29 is 15.1 Å². The smallest absolute Gasteiger partial charge is 0.277 e. The van der Waals surface area contributed by atoms with Gasteiger partial charge in [0.05, 0.1) is 15.0 Å². The lowest BCUT2D eigenvalue weighted by molar-refractivity contribution is -0.384. The van der Waals surface area contributed by atoms with Gasteiger partial charge < -0.3 is 10.2 Å². The van der Waals surface area contributed by atoms with Crippen molar-refractivity contribution in [1.82, 2.24) is 0 Å². The van der Waals surface area contributed by atoms with E-state index in [9.17, 15) is 20.3 Å². The Morgan fingerprint density at radius 2 is 1.57 bits per heavy atom. The third-order valence-electron chi connectivity index (χ3n) is 4.92. The molecule has 0 radical (unpaired) electrons. The fourth-order valence-electron chi connectivity index (χ4n) is 3.44. The van der Waals surface area contributed by atoms with Crippen LogP contribution in [0.1, 0.15) is 11.1 Å². The largest absolute Gasteiger partial charge is 0.507 e. The Morgan fingerprint density at radius 1 is 0.893 bits per heavy atom. The van der Waals surface area contributed by atoms with Gasteiger partial charge in [-0.25, -0.2) is 0 Å². The number of aromatic hydroxyl groups is 2. The van der Waals surface area contributed by atoms with Crippen molar-refractivity contribution in [3.63, 3.8) is 0 Å². The van der Waals surface area contributed by atoms with Crippen LogP contribution in [0.3, 0.4) is 0 Å². The molecule has 0 saturated heterocycles. The molecule has 6 heteroatoms. The van der Waals surface area contributed by atoms with Crippen LogP contribution >= 0.6 is 15.9 Å². The average molecular weight is 438 g/mol. The topological polar surface area (TPSA) is 83.6 Å². The van der Waals surface area contributed by atoms with Gasteiger partial charge in [-0.1, -0.05) is 48.5 Å². The lowest BCUT2D eigenvalue weighted by Gasteiger charge is -2.10. The Balaban J connectivity index is 1.63. The monoisotopic (exact) mass is 437 g/mol. The highest BCUT2D eigenvalue weighted by Gasteiger charge is 2.30. The van der Waals surface area contributed by atoms with Crippen LogP contribution in [0.4, 0.5) is 5.69 Å². The van der Waals surface area contributed by atoms with Gasteiger partial charge in [0.1, 0.15) is 11.5 Å². The number of rotatable bonds is 5. The Bertz CT molecular complexity index is 1120. The number of nitro groups is 1. The average Bonchev–Trinajstić information content (AvgIpc) is 3.44. The summed E-state index contributed by atoms with van der Waals surface area (Å²) in [5, 5.41) is 32.3. The molecule has 0 fully saturated rings. The van der Waals surface area contributed by atoms with Gasteiger partial charge in [0.15, 0.2) is 0 Å². The number of hydrogen-bond donors (Lipinski definition) is 2. The van der Waals surface area contributed by atoms with E-state index in [2.05, 4.69) is 15.9 Å². The van der Waals surface area contributed by atoms with E-state index in [1.165, 1.54) is 6.07 Å². The third-order valence-corrected chi connectivity index (χ3v) is 5.56. The van der Waals surface area contributed by atoms with E-state index in [4.69, 9.17) is 0 Å². The standard InChI is InChI=1S/C22H16BrNO4/c23-19-9-3-5-13(21(19)25)11-14-12-18(14)17-8-4-7-16(22(17)26)15-6-1-2-10-20(15)24(27)28/h1-10,12,14,25-26H,11H2. The molecule has 2 N–H and O–H groups in total. The predicted octanol–water partition coefficient (Wildman–Crippen LogP) is 5.69. The summed E-state index contributed by atoms with van der Waals surface area (Å²) < 4.78 is 0.647. The van der Waals surface area contributed by atoms with Gasteiger partial charge in [-0.2, -0.15) is 0 Å². The minimum absolute atomic E-state index is 0.0315. The van der Waals surface area contributed by atoms with Crippen LogP contribution < -0.4 is 0 Å². The molecule has 5 nitrogen and oxygen atoms in total. The molecular weight excluding hydrogens is 422 g/mol. The van der Waals surface area contributed by atoms with Crippen molar-refractivity contribution in [3.05, 3.63) is 92.5 Å². The van der Waals surface area contributed by atoms with E-state index < -0.39 is 4.92 Å². The zero-order chi connectivity index (χ0) is 19.8. The molecule has 0 aliphatic heterocycles. The first kappa shape index (κ1) is 18.3. The lowest BCUT2D eigenvalue weighted by Crippen LogP contribution is -1.94. The second-order valence-corrected chi connectivity index (χ2v) is 7.51. The van der Waals surface area contributed by atoms with E-state index in [0.717, 1.165) is 11.1 Å².